The van der Waals surface area contributed by atoms with Gasteiger partial charge in [0.15, 0.2) is 5.13 Å². The van der Waals surface area contributed by atoms with E-state index in [1.807, 2.05) is 5.38 Å². The van der Waals surface area contributed by atoms with E-state index >= 15 is 0 Å². The zero-order chi connectivity index (χ0) is 15.4. The molecule has 1 aromatic carbocycles. The molecular formula is C13H14Cl2N4OS. The van der Waals surface area contributed by atoms with Crippen molar-refractivity contribution in [3.63, 3.8) is 0 Å². The van der Waals surface area contributed by atoms with E-state index in [9.17, 15) is 4.79 Å². The van der Waals surface area contributed by atoms with E-state index in [-0.39, 0.29) is 6.03 Å². The van der Waals surface area contributed by atoms with Crippen LogP contribution < -0.4 is 15.5 Å². The van der Waals surface area contributed by atoms with Crippen LogP contribution in [-0.4, -0.2) is 25.1 Å². The Morgan fingerprint density at radius 3 is 2.57 bits per heavy atom. The van der Waals surface area contributed by atoms with Gasteiger partial charge in [-0.25, -0.2) is 9.78 Å². The average Bonchev–Trinajstić information content (AvgIpc) is 2.91. The number of halogens is 2. The van der Waals surface area contributed by atoms with Gasteiger partial charge in [0.05, 0.1) is 12.2 Å². The number of urea groups is 1. The molecular weight excluding hydrogens is 331 g/mol. The molecule has 0 spiro atoms. The molecule has 0 aliphatic heterocycles. The third-order valence-electron chi connectivity index (χ3n) is 2.73. The van der Waals surface area contributed by atoms with Gasteiger partial charge >= 0.3 is 6.03 Å². The minimum absolute atomic E-state index is 0.257. The molecule has 112 valence electrons. The molecule has 21 heavy (non-hydrogen) atoms. The Bertz CT molecular complexity index is 627. The third-order valence-corrected chi connectivity index (χ3v) is 4.07. The zero-order valence-electron chi connectivity index (χ0n) is 11.5. The summed E-state index contributed by atoms with van der Waals surface area (Å²) in [6.45, 7) is 0.357. The first-order valence-electron chi connectivity index (χ1n) is 6.09. The van der Waals surface area contributed by atoms with Crippen molar-refractivity contribution in [1.29, 1.82) is 0 Å². The number of aromatic nitrogens is 1. The Kier molecular flexibility index (Phi) is 5.27. The van der Waals surface area contributed by atoms with Crippen molar-refractivity contribution >= 4 is 51.4 Å². The van der Waals surface area contributed by atoms with Crippen LogP contribution in [0.5, 0.6) is 0 Å². The Balaban J connectivity index is 1.99. The van der Waals surface area contributed by atoms with E-state index in [0.29, 0.717) is 22.3 Å². The van der Waals surface area contributed by atoms with Crippen molar-refractivity contribution in [2.24, 2.45) is 0 Å². The molecule has 0 fully saturated rings. The van der Waals surface area contributed by atoms with Gasteiger partial charge in [-0.2, -0.15) is 0 Å². The number of hydrogen-bond donors (Lipinski definition) is 2. The van der Waals surface area contributed by atoms with Crippen LogP contribution in [0.3, 0.4) is 0 Å². The van der Waals surface area contributed by atoms with E-state index < -0.39 is 0 Å². The van der Waals surface area contributed by atoms with Crippen molar-refractivity contribution in [1.82, 2.24) is 10.3 Å². The first kappa shape index (κ1) is 15.9. The Morgan fingerprint density at radius 2 is 2.00 bits per heavy atom. The summed E-state index contributed by atoms with van der Waals surface area (Å²) in [6.07, 6.45) is 0. The Labute approximate surface area is 136 Å². The first-order valence-corrected chi connectivity index (χ1v) is 7.73. The number of anilines is 2. The fraction of sp³-hybridized carbons (Fsp3) is 0.231. The van der Waals surface area contributed by atoms with Gasteiger partial charge in [-0.3, -0.25) is 4.90 Å². The van der Waals surface area contributed by atoms with Crippen molar-refractivity contribution in [3.05, 3.63) is 39.3 Å². The maximum absolute atomic E-state index is 12.1. The molecule has 0 bridgehead atoms. The quantitative estimate of drug-likeness (QED) is 0.885. The van der Waals surface area contributed by atoms with Gasteiger partial charge in [0.2, 0.25) is 0 Å². The lowest BCUT2D eigenvalue weighted by Gasteiger charge is -2.18. The van der Waals surface area contributed by atoms with E-state index in [2.05, 4.69) is 15.6 Å². The highest BCUT2D eigenvalue weighted by molar-refractivity contribution is 7.13. The molecule has 0 atom stereocenters. The second-order valence-corrected chi connectivity index (χ2v) is 5.97. The fourth-order valence-corrected chi connectivity index (χ4v) is 2.82. The van der Waals surface area contributed by atoms with Crippen LogP contribution in [0, 0.1) is 0 Å². The fourth-order valence-electron chi connectivity index (χ4n) is 1.64. The van der Waals surface area contributed by atoms with E-state index in [4.69, 9.17) is 23.2 Å². The molecule has 0 unspecified atom stereocenters. The number of amides is 2. The second kappa shape index (κ2) is 6.98. The lowest BCUT2D eigenvalue weighted by molar-refractivity contribution is 0.247. The van der Waals surface area contributed by atoms with Gasteiger partial charge in [-0.15, -0.1) is 11.3 Å². The monoisotopic (exact) mass is 344 g/mol. The van der Waals surface area contributed by atoms with Crippen LogP contribution in [0.2, 0.25) is 10.0 Å². The summed E-state index contributed by atoms with van der Waals surface area (Å²) in [6, 6.07) is 4.71. The van der Waals surface area contributed by atoms with E-state index in [1.54, 1.807) is 32.3 Å². The number of nitrogens with zero attached hydrogens (tertiary/aromatic N) is 2. The summed E-state index contributed by atoms with van der Waals surface area (Å²) in [7, 11) is 3.45. The molecule has 8 heteroatoms. The van der Waals surface area contributed by atoms with Crippen molar-refractivity contribution in [2.45, 2.75) is 6.54 Å². The average molecular weight is 345 g/mol. The lowest BCUT2D eigenvalue weighted by atomic mass is 10.3. The first-order chi connectivity index (χ1) is 9.99. The molecule has 2 aromatic rings. The highest BCUT2D eigenvalue weighted by Gasteiger charge is 2.12. The second-order valence-electron chi connectivity index (χ2n) is 4.24. The van der Waals surface area contributed by atoms with E-state index in [0.717, 1.165) is 10.8 Å². The van der Waals surface area contributed by atoms with Gasteiger partial charge in [-0.1, -0.05) is 23.2 Å². The zero-order valence-corrected chi connectivity index (χ0v) is 13.8. The van der Waals surface area contributed by atoms with Gasteiger partial charge in [0.1, 0.15) is 0 Å². The number of rotatable bonds is 4. The predicted octanol–water partition coefficient (Wildman–Crippen LogP) is 3.84. The maximum Gasteiger partial charge on any atom is 0.321 e. The summed E-state index contributed by atoms with van der Waals surface area (Å²) in [5, 5.41) is 9.41. The van der Waals surface area contributed by atoms with E-state index in [1.165, 1.54) is 16.2 Å². The van der Waals surface area contributed by atoms with Crippen LogP contribution in [0.4, 0.5) is 15.6 Å². The summed E-state index contributed by atoms with van der Waals surface area (Å²) in [4.78, 5) is 17.8. The van der Waals surface area contributed by atoms with Crippen molar-refractivity contribution in [3.8, 4) is 0 Å². The number of thiazole rings is 1. The van der Waals surface area contributed by atoms with Crippen LogP contribution in [0.15, 0.2) is 23.6 Å². The lowest BCUT2D eigenvalue weighted by Crippen LogP contribution is -2.36. The summed E-state index contributed by atoms with van der Waals surface area (Å²) < 4.78 is 0. The molecule has 0 saturated carbocycles. The molecule has 5 nitrogen and oxygen atoms in total. The molecule has 1 aromatic heterocycles. The summed E-state index contributed by atoms with van der Waals surface area (Å²) in [5.74, 6) is 0. The maximum atomic E-state index is 12.1. The number of nitrogens with one attached hydrogen (secondary N) is 2. The van der Waals surface area contributed by atoms with Crippen molar-refractivity contribution < 1.29 is 4.79 Å². The highest BCUT2D eigenvalue weighted by atomic mass is 35.5. The molecule has 1 heterocycles. The Morgan fingerprint density at radius 1 is 1.33 bits per heavy atom. The minimum Gasteiger partial charge on any atom is -0.365 e. The standard InChI is InChI=1S/C13H14Cl2N4OS/c1-16-12-18-10(7-21-12)6-17-13(20)19(2)11-4-8(14)3-9(15)5-11/h3-5,7H,6H2,1-2H3,(H,16,18)(H,17,20). The predicted molar refractivity (Wildman–Crippen MR) is 88.8 cm³/mol. The topological polar surface area (TPSA) is 57.3 Å². The number of carbonyl (C=O) groups excluding carboxylic acids is 1. The normalized spacial score (nSPS) is 10.3. The van der Waals surface area contributed by atoms with Crippen molar-refractivity contribution in [2.75, 3.05) is 24.3 Å². The summed E-state index contributed by atoms with van der Waals surface area (Å²) >= 11 is 13.4. The highest BCUT2D eigenvalue weighted by Crippen LogP contribution is 2.24. The Hall–Kier alpha value is -1.50. The SMILES string of the molecule is CNc1nc(CNC(=O)N(C)c2cc(Cl)cc(Cl)c2)cs1. The third kappa shape index (κ3) is 4.23. The van der Waals surface area contributed by atoms with Crippen LogP contribution >= 0.6 is 34.5 Å². The number of benzene rings is 1. The van der Waals surface area contributed by atoms with Gasteiger partial charge < -0.3 is 10.6 Å². The van der Waals surface area contributed by atoms with Crippen LogP contribution in [0.25, 0.3) is 0 Å². The minimum atomic E-state index is -0.257. The smallest absolute Gasteiger partial charge is 0.321 e. The molecule has 2 amide bonds. The number of hydrogen-bond acceptors (Lipinski definition) is 4. The molecule has 0 aliphatic rings. The molecule has 0 aliphatic carbocycles. The van der Waals surface area contributed by atoms with Gasteiger partial charge in [0, 0.05) is 35.2 Å². The van der Waals surface area contributed by atoms with Gasteiger partial charge in [0.25, 0.3) is 0 Å². The summed E-state index contributed by atoms with van der Waals surface area (Å²) in [5.41, 5.74) is 1.43. The molecule has 2 rings (SSSR count). The van der Waals surface area contributed by atoms with Crippen LogP contribution in [-0.2, 0) is 6.54 Å². The number of carbonyl (C=O) groups is 1. The molecule has 0 saturated heterocycles. The largest absolute Gasteiger partial charge is 0.365 e. The van der Waals surface area contributed by atoms with Gasteiger partial charge in [-0.05, 0) is 18.2 Å². The molecule has 0 radical (unpaired) electrons. The molecule has 2 N–H and O–H groups in total. The van der Waals surface area contributed by atoms with Crippen LogP contribution in [0.1, 0.15) is 5.69 Å².